The maximum atomic E-state index is 13.0. The number of imidazole rings is 1. The van der Waals surface area contributed by atoms with E-state index in [-0.39, 0.29) is 11.8 Å². The number of nitrogens with one attached hydrogen (secondary N) is 1. The van der Waals surface area contributed by atoms with E-state index in [9.17, 15) is 9.59 Å². The van der Waals surface area contributed by atoms with Crippen LogP contribution in [0, 0.1) is 0 Å². The highest BCUT2D eigenvalue weighted by molar-refractivity contribution is 5.93. The van der Waals surface area contributed by atoms with Crippen molar-refractivity contribution in [3.8, 4) is 5.75 Å². The Labute approximate surface area is 191 Å². The number of aromatic nitrogens is 2. The largest absolute Gasteiger partial charge is 0.497 e. The van der Waals surface area contributed by atoms with Gasteiger partial charge in [-0.3, -0.25) is 9.59 Å². The van der Waals surface area contributed by atoms with Crippen molar-refractivity contribution < 1.29 is 23.5 Å². The lowest BCUT2D eigenvalue weighted by Crippen LogP contribution is -2.54. The van der Waals surface area contributed by atoms with Gasteiger partial charge >= 0.3 is 0 Å². The zero-order valence-corrected chi connectivity index (χ0v) is 18.4. The molecule has 9 nitrogen and oxygen atoms in total. The highest BCUT2D eigenvalue weighted by atomic mass is 16.5. The first-order valence-electron chi connectivity index (χ1n) is 11.0. The molecule has 2 aromatic heterocycles. The van der Waals surface area contributed by atoms with E-state index in [0.717, 1.165) is 17.1 Å². The second-order valence-corrected chi connectivity index (χ2v) is 8.38. The van der Waals surface area contributed by atoms with Crippen molar-refractivity contribution in [3.63, 3.8) is 0 Å². The number of methoxy groups -OCH3 is 1. The fraction of sp³-hybridized carbons (Fsp3) is 0.375. The van der Waals surface area contributed by atoms with Gasteiger partial charge in [-0.2, -0.15) is 0 Å². The summed E-state index contributed by atoms with van der Waals surface area (Å²) in [5, 5.41) is 2.98. The van der Waals surface area contributed by atoms with Gasteiger partial charge < -0.3 is 28.7 Å². The molecule has 172 valence electrons. The first-order chi connectivity index (χ1) is 16.1. The molecular weight excluding hydrogens is 424 g/mol. The van der Waals surface area contributed by atoms with Crippen LogP contribution < -0.4 is 10.1 Å². The molecule has 2 amide bonds. The molecule has 0 bridgehead atoms. The smallest absolute Gasteiger partial charge is 0.257 e. The number of hydrogen-bond acceptors (Lipinski definition) is 6. The second kappa shape index (κ2) is 8.74. The Hall–Kier alpha value is -3.59. The van der Waals surface area contributed by atoms with E-state index in [1.54, 1.807) is 24.3 Å². The summed E-state index contributed by atoms with van der Waals surface area (Å²) in [6.07, 6.45) is 7.05. The predicted octanol–water partition coefficient (Wildman–Crippen LogP) is 2.33. The minimum absolute atomic E-state index is 0.0645. The first kappa shape index (κ1) is 21.3. The number of nitrogens with zero attached hydrogens (tertiary/aromatic N) is 3. The zero-order chi connectivity index (χ0) is 22.8. The molecule has 2 aliphatic rings. The van der Waals surface area contributed by atoms with Crippen molar-refractivity contribution in [2.75, 3.05) is 20.2 Å². The molecule has 0 aliphatic carbocycles. The molecule has 2 aliphatic heterocycles. The van der Waals surface area contributed by atoms with E-state index in [1.165, 1.54) is 12.5 Å². The summed E-state index contributed by atoms with van der Waals surface area (Å²) in [7, 11) is 1.61. The summed E-state index contributed by atoms with van der Waals surface area (Å²) in [5.74, 6) is 1.32. The van der Waals surface area contributed by atoms with Gasteiger partial charge in [-0.25, -0.2) is 4.98 Å². The lowest BCUT2D eigenvalue weighted by atomic mass is 9.88. The van der Waals surface area contributed by atoms with Gasteiger partial charge in [0.1, 0.15) is 23.4 Å². The lowest BCUT2D eigenvalue weighted by Gasteiger charge is -2.45. The van der Waals surface area contributed by atoms with Crippen LogP contribution in [-0.2, 0) is 28.2 Å². The van der Waals surface area contributed by atoms with Crippen molar-refractivity contribution >= 4 is 11.8 Å². The molecule has 0 radical (unpaired) electrons. The lowest BCUT2D eigenvalue weighted by molar-refractivity contribution is -0.172. The summed E-state index contributed by atoms with van der Waals surface area (Å²) in [6.45, 7) is 1.80. The van der Waals surface area contributed by atoms with Crippen molar-refractivity contribution in [2.45, 2.75) is 37.6 Å². The summed E-state index contributed by atoms with van der Waals surface area (Å²) in [6, 6.07) is 9.25. The van der Waals surface area contributed by atoms with Gasteiger partial charge in [0.25, 0.3) is 11.8 Å². The van der Waals surface area contributed by atoms with Crippen molar-refractivity contribution in [3.05, 3.63) is 72.2 Å². The monoisotopic (exact) mass is 450 g/mol. The van der Waals surface area contributed by atoms with Gasteiger partial charge in [-0.1, -0.05) is 12.1 Å². The fourth-order valence-electron chi connectivity index (χ4n) is 4.60. The average molecular weight is 450 g/mol. The van der Waals surface area contributed by atoms with Crippen LogP contribution >= 0.6 is 0 Å². The fourth-order valence-corrected chi connectivity index (χ4v) is 4.60. The summed E-state index contributed by atoms with van der Waals surface area (Å²) in [4.78, 5) is 32.1. The van der Waals surface area contributed by atoms with Gasteiger partial charge in [0.2, 0.25) is 0 Å². The number of amides is 2. The molecule has 1 saturated heterocycles. The van der Waals surface area contributed by atoms with Crippen LogP contribution in [0.15, 0.2) is 59.7 Å². The predicted molar refractivity (Wildman–Crippen MR) is 117 cm³/mol. The zero-order valence-electron chi connectivity index (χ0n) is 18.4. The van der Waals surface area contributed by atoms with Crippen molar-refractivity contribution in [1.29, 1.82) is 0 Å². The summed E-state index contributed by atoms with van der Waals surface area (Å²) in [5.41, 5.74) is 0.779. The van der Waals surface area contributed by atoms with E-state index in [0.29, 0.717) is 44.6 Å². The molecule has 9 heteroatoms. The van der Waals surface area contributed by atoms with Crippen LogP contribution in [0.3, 0.4) is 0 Å². The van der Waals surface area contributed by atoms with Gasteiger partial charge in [0.05, 0.1) is 25.5 Å². The molecule has 1 aromatic carbocycles. The Morgan fingerprint density at radius 2 is 2.12 bits per heavy atom. The normalized spacial score (nSPS) is 19.2. The van der Waals surface area contributed by atoms with Crippen LogP contribution in [0.25, 0.3) is 0 Å². The maximum absolute atomic E-state index is 13.0. The van der Waals surface area contributed by atoms with Crippen LogP contribution in [0.2, 0.25) is 0 Å². The van der Waals surface area contributed by atoms with Crippen LogP contribution in [0.1, 0.15) is 34.6 Å². The Morgan fingerprint density at radius 3 is 2.88 bits per heavy atom. The molecule has 3 aromatic rings. The molecule has 0 unspecified atom stereocenters. The molecule has 1 spiro atoms. The maximum Gasteiger partial charge on any atom is 0.257 e. The van der Waals surface area contributed by atoms with Gasteiger partial charge in [0, 0.05) is 44.9 Å². The third kappa shape index (κ3) is 4.11. The van der Waals surface area contributed by atoms with Crippen LogP contribution in [-0.4, -0.2) is 52.6 Å². The SMILES string of the molecule is COc1cccc(CNC(=O)[C@@H]2Cn3ccnc3C3(CCN(C(=O)c4ccoc4)CC3)O2)c1. The number of rotatable bonds is 5. The minimum atomic E-state index is -0.701. The highest BCUT2D eigenvalue weighted by Crippen LogP contribution is 2.40. The Kier molecular flexibility index (Phi) is 5.63. The summed E-state index contributed by atoms with van der Waals surface area (Å²) >= 11 is 0. The van der Waals surface area contributed by atoms with E-state index >= 15 is 0 Å². The topological polar surface area (TPSA) is 98.8 Å². The molecule has 1 atom stereocenters. The number of carbonyl (C=O) groups excluding carboxylic acids is 2. The number of carbonyl (C=O) groups is 2. The Balaban J connectivity index is 1.27. The number of piperidine rings is 1. The molecular formula is C24H26N4O5. The number of benzene rings is 1. The van der Waals surface area contributed by atoms with E-state index in [2.05, 4.69) is 10.3 Å². The van der Waals surface area contributed by atoms with Gasteiger partial charge in [0.15, 0.2) is 6.10 Å². The second-order valence-electron chi connectivity index (χ2n) is 8.38. The minimum Gasteiger partial charge on any atom is -0.497 e. The molecule has 1 N–H and O–H groups in total. The number of furan rings is 1. The molecule has 4 heterocycles. The Bertz CT molecular complexity index is 1130. The van der Waals surface area contributed by atoms with E-state index in [1.807, 2.05) is 35.0 Å². The first-order valence-corrected chi connectivity index (χ1v) is 11.0. The van der Waals surface area contributed by atoms with Crippen LogP contribution in [0.5, 0.6) is 5.75 Å². The number of hydrogen-bond donors (Lipinski definition) is 1. The number of fused-ring (bicyclic) bond motifs is 2. The van der Waals surface area contributed by atoms with Crippen molar-refractivity contribution in [1.82, 2.24) is 19.8 Å². The third-order valence-corrected chi connectivity index (χ3v) is 6.37. The number of likely N-dealkylation sites (tertiary alicyclic amines) is 1. The number of ether oxygens (including phenoxy) is 2. The standard InChI is InChI=1S/C24H26N4O5/c1-31-19-4-2-3-17(13-19)14-26-21(29)20-15-28-11-8-25-23(28)24(33-20)6-9-27(10-7-24)22(30)18-5-12-32-16-18/h2-5,8,11-13,16,20H,6-7,9-10,14-15H2,1H3,(H,26,29)/t20-/m0/s1. The highest BCUT2D eigenvalue weighted by Gasteiger charge is 2.47. The van der Waals surface area contributed by atoms with E-state index < -0.39 is 11.7 Å². The quantitative estimate of drug-likeness (QED) is 0.641. The molecule has 0 saturated carbocycles. The van der Waals surface area contributed by atoms with Gasteiger partial charge in [-0.15, -0.1) is 0 Å². The Morgan fingerprint density at radius 1 is 1.27 bits per heavy atom. The molecule has 5 rings (SSSR count). The van der Waals surface area contributed by atoms with Gasteiger partial charge in [-0.05, 0) is 23.8 Å². The van der Waals surface area contributed by atoms with Crippen LogP contribution in [0.4, 0.5) is 0 Å². The van der Waals surface area contributed by atoms with E-state index in [4.69, 9.17) is 13.9 Å². The molecule has 33 heavy (non-hydrogen) atoms. The third-order valence-electron chi connectivity index (χ3n) is 6.37. The average Bonchev–Trinajstić information content (AvgIpc) is 3.55. The summed E-state index contributed by atoms with van der Waals surface area (Å²) < 4.78 is 18.7. The molecule has 1 fully saturated rings. The van der Waals surface area contributed by atoms with Crippen molar-refractivity contribution in [2.24, 2.45) is 0 Å².